The Morgan fingerprint density at radius 2 is 1.83 bits per heavy atom. The van der Waals surface area contributed by atoms with Crippen LogP contribution in [-0.4, -0.2) is 22.9 Å². The van der Waals surface area contributed by atoms with Gasteiger partial charge in [0, 0.05) is 17.5 Å². The molecule has 0 aliphatic carbocycles. The van der Waals surface area contributed by atoms with Crippen LogP contribution in [0.5, 0.6) is 5.75 Å². The maximum absolute atomic E-state index is 12.2. The zero-order valence-electron chi connectivity index (χ0n) is 13.6. The third kappa shape index (κ3) is 3.30. The Labute approximate surface area is 140 Å². The Kier molecular flexibility index (Phi) is 4.61. The third-order valence-electron chi connectivity index (χ3n) is 3.73. The molecule has 1 heterocycles. The van der Waals surface area contributed by atoms with Crippen molar-refractivity contribution in [1.82, 2.24) is 9.78 Å². The molecule has 3 rings (SSSR count). The van der Waals surface area contributed by atoms with Gasteiger partial charge in [-0.05, 0) is 43.3 Å². The predicted molar refractivity (Wildman–Crippen MR) is 90.4 cm³/mol. The van der Waals surface area contributed by atoms with Crippen LogP contribution in [0.25, 0.3) is 5.69 Å². The Bertz CT molecular complexity index is 838. The van der Waals surface area contributed by atoms with Gasteiger partial charge in [-0.25, -0.2) is 9.48 Å². The first kappa shape index (κ1) is 15.8. The minimum absolute atomic E-state index is 0.170. The highest BCUT2D eigenvalue weighted by molar-refractivity contribution is 5.89. The van der Waals surface area contributed by atoms with E-state index in [1.54, 1.807) is 25.4 Å². The maximum atomic E-state index is 12.2. The zero-order chi connectivity index (χ0) is 16.9. The summed E-state index contributed by atoms with van der Waals surface area (Å²) in [7, 11) is 1.59. The number of carbonyl (C=O) groups excluding carboxylic acids is 1. The van der Waals surface area contributed by atoms with Crippen molar-refractivity contribution in [1.29, 1.82) is 0 Å². The van der Waals surface area contributed by atoms with Crippen LogP contribution in [0.3, 0.4) is 0 Å². The number of ether oxygens (including phenoxy) is 2. The molecule has 122 valence electrons. The van der Waals surface area contributed by atoms with Crippen LogP contribution in [0.1, 0.15) is 21.6 Å². The molecular weight excluding hydrogens is 304 g/mol. The number of hydrogen-bond acceptors (Lipinski definition) is 4. The molecule has 0 saturated heterocycles. The number of nitrogens with zero attached hydrogens (tertiary/aromatic N) is 2. The fraction of sp³-hybridized carbons (Fsp3) is 0.158. The Morgan fingerprint density at radius 3 is 2.50 bits per heavy atom. The highest BCUT2D eigenvalue weighted by Gasteiger charge is 2.10. The van der Waals surface area contributed by atoms with E-state index in [0.29, 0.717) is 11.3 Å². The molecule has 0 aliphatic rings. The standard InChI is InChI=1S/C19H18N2O3/c1-14-11-12-20-21(14)17-9-7-15(8-10-17)19(22)24-13-16-5-3-4-6-18(16)23-2/h3-12H,13H2,1-2H3. The van der Waals surface area contributed by atoms with Gasteiger partial charge in [0.15, 0.2) is 0 Å². The van der Waals surface area contributed by atoms with Crippen LogP contribution in [0.4, 0.5) is 0 Å². The Morgan fingerprint density at radius 1 is 1.08 bits per heavy atom. The molecular formula is C19H18N2O3. The number of aromatic nitrogens is 2. The van der Waals surface area contributed by atoms with Gasteiger partial charge in [0.1, 0.15) is 12.4 Å². The monoisotopic (exact) mass is 322 g/mol. The summed E-state index contributed by atoms with van der Waals surface area (Å²) >= 11 is 0. The average Bonchev–Trinajstić information content (AvgIpc) is 3.06. The van der Waals surface area contributed by atoms with Crippen LogP contribution >= 0.6 is 0 Å². The second kappa shape index (κ2) is 7.00. The summed E-state index contributed by atoms with van der Waals surface area (Å²) in [5.41, 5.74) is 3.26. The molecule has 0 spiro atoms. The number of esters is 1. The van der Waals surface area contributed by atoms with Gasteiger partial charge in [0.05, 0.1) is 18.4 Å². The number of methoxy groups -OCH3 is 1. The fourth-order valence-corrected chi connectivity index (χ4v) is 2.43. The van der Waals surface area contributed by atoms with Gasteiger partial charge in [-0.1, -0.05) is 18.2 Å². The van der Waals surface area contributed by atoms with Crippen molar-refractivity contribution in [2.45, 2.75) is 13.5 Å². The molecule has 0 N–H and O–H groups in total. The molecule has 2 aromatic carbocycles. The van der Waals surface area contributed by atoms with Gasteiger partial charge in [-0.2, -0.15) is 5.10 Å². The quantitative estimate of drug-likeness (QED) is 0.674. The van der Waals surface area contributed by atoms with Crippen molar-refractivity contribution in [3.8, 4) is 11.4 Å². The summed E-state index contributed by atoms with van der Waals surface area (Å²) < 4.78 is 12.4. The van der Waals surface area contributed by atoms with E-state index >= 15 is 0 Å². The third-order valence-corrected chi connectivity index (χ3v) is 3.73. The van der Waals surface area contributed by atoms with Crippen LogP contribution < -0.4 is 4.74 Å². The Hall–Kier alpha value is -3.08. The topological polar surface area (TPSA) is 53.4 Å². The second-order valence-electron chi connectivity index (χ2n) is 5.32. The number of benzene rings is 2. The van der Waals surface area contributed by atoms with Crippen molar-refractivity contribution < 1.29 is 14.3 Å². The summed E-state index contributed by atoms with van der Waals surface area (Å²) in [6.07, 6.45) is 1.74. The summed E-state index contributed by atoms with van der Waals surface area (Å²) in [4.78, 5) is 12.2. The highest BCUT2D eigenvalue weighted by Crippen LogP contribution is 2.19. The lowest BCUT2D eigenvalue weighted by atomic mass is 10.2. The molecule has 0 fully saturated rings. The van der Waals surface area contributed by atoms with E-state index in [1.807, 2.05) is 54.1 Å². The molecule has 0 atom stereocenters. The van der Waals surface area contributed by atoms with Gasteiger partial charge >= 0.3 is 5.97 Å². The smallest absolute Gasteiger partial charge is 0.338 e. The van der Waals surface area contributed by atoms with E-state index in [4.69, 9.17) is 9.47 Å². The predicted octanol–water partition coefficient (Wildman–Crippen LogP) is 3.55. The number of hydrogen-bond donors (Lipinski definition) is 0. The molecule has 3 aromatic rings. The summed E-state index contributed by atoms with van der Waals surface area (Å²) in [5, 5.41) is 4.24. The van der Waals surface area contributed by atoms with Gasteiger partial charge in [0.2, 0.25) is 0 Å². The van der Waals surface area contributed by atoms with Crippen LogP contribution in [-0.2, 0) is 11.3 Å². The molecule has 0 amide bonds. The fourth-order valence-electron chi connectivity index (χ4n) is 2.43. The first-order valence-corrected chi connectivity index (χ1v) is 7.59. The number of para-hydroxylation sites is 1. The van der Waals surface area contributed by atoms with Gasteiger partial charge in [-0.15, -0.1) is 0 Å². The first-order valence-electron chi connectivity index (χ1n) is 7.59. The van der Waals surface area contributed by atoms with E-state index < -0.39 is 0 Å². The van der Waals surface area contributed by atoms with E-state index in [1.165, 1.54) is 0 Å². The van der Waals surface area contributed by atoms with Crippen LogP contribution in [0, 0.1) is 6.92 Å². The van der Waals surface area contributed by atoms with Crippen molar-refractivity contribution in [3.63, 3.8) is 0 Å². The number of aryl methyl sites for hydroxylation is 1. The molecule has 0 aliphatic heterocycles. The van der Waals surface area contributed by atoms with Crippen molar-refractivity contribution in [2.24, 2.45) is 0 Å². The van der Waals surface area contributed by atoms with Crippen LogP contribution in [0.2, 0.25) is 0 Å². The van der Waals surface area contributed by atoms with E-state index in [2.05, 4.69) is 5.10 Å². The van der Waals surface area contributed by atoms with E-state index in [9.17, 15) is 4.79 Å². The van der Waals surface area contributed by atoms with Gasteiger partial charge in [0.25, 0.3) is 0 Å². The molecule has 0 bridgehead atoms. The lowest BCUT2D eigenvalue weighted by Gasteiger charge is -2.09. The van der Waals surface area contributed by atoms with Gasteiger partial charge < -0.3 is 9.47 Å². The highest BCUT2D eigenvalue weighted by atomic mass is 16.5. The average molecular weight is 322 g/mol. The molecule has 1 aromatic heterocycles. The normalized spacial score (nSPS) is 10.4. The minimum atomic E-state index is -0.371. The van der Waals surface area contributed by atoms with Crippen LogP contribution in [0.15, 0.2) is 60.8 Å². The lowest BCUT2D eigenvalue weighted by Crippen LogP contribution is -2.06. The molecule has 5 nitrogen and oxygen atoms in total. The Balaban J connectivity index is 1.68. The van der Waals surface area contributed by atoms with Gasteiger partial charge in [-0.3, -0.25) is 0 Å². The number of carbonyl (C=O) groups is 1. The first-order chi connectivity index (χ1) is 11.7. The summed E-state index contributed by atoms with van der Waals surface area (Å²) in [5.74, 6) is 0.333. The molecule has 24 heavy (non-hydrogen) atoms. The zero-order valence-corrected chi connectivity index (χ0v) is 13.6. The maximum Gasteiger partial charge on any atom is 0.338 e. The van der Waals surface area contributed by atoms with Crippen molar-refractivity contribution >= 4 is 5.97 Å². The van der Waals surface area contributed by atoms with Crippen molar-refractivity contribution in [2.75, 3.05) is 7.11 Å². The van der Waals surface area contributed by atoms with Crippen molar-refractivity contribution in [3.05, 3.63) is 77.6 Å². The lowest BCUT2D eigenvalue weighted by molar-refractivity contribution is 0.0470. The summed E-state index contributed by atoms with van der Waals surface area (Å²) in [6, 6.07) is 16.6. The molecule has 0 radical (unpaired) electrons. The summed E-state index contributed by atoms with van der Waals surface area (Å²) in [6.45, 7) is 2.14. The number of rotatable bonds is 5. The minimum Gasteiger partial charge on any atom is -0.496 e. The molecule has 5 heteroatoms. The SMILES string of the molecule is COc1ccccc1COC(=O)c1ccc(-n2nccc2C)cc1. The molecule has 0 saturated carbocycles. The van der Waals surface area contributed by atoms with E-state index in [-0.39, 0.29) is 12.6 Å². The second-order valence-corrected chi connectivity index (χ2v) is 5.32. The van der Waals surface area contributed by atoms with E-state index in [0.717, 1.165) is 16.9 Å². The largest absolute Gasteiger partial charge is 0.496 e. The molecule has 0 unspecified atom stereocenters.